The van der Waals surface area contributed by atoms with E-state index in [0.29, 0.717) is 24.9 Å². The van der Waals surface area contributed by atoms with Gasteiger partial charge >= 0.3 is 0 Å². The Labute approximate surface area is 185 Å². The van der Waals surface area contributed by atoms with Gasteiger partial charge in [-0.15, -0.1) is 0 Å². The van der Waals surface area contributed by atoms with Crippen LogP contribution in [0.3, 0.4) is 0 Å². The number of carbonyl (C=O) groups is 1. The van der Waals surface area contributed by atoms with Crippen LogP contribution in [0.15, 0.2) is 24.3 Å². The van der Waals surface area contributed by atoms with E-state index in [1.807, 2.05) is 24.3 Å². The summed E-state index contributed by atoms with van der Waals surface area (Å²) in [7, 11) is -0.0177. The highest BCUT2D eigenvalue weighted by atomic mass is 28.4. The molecule has 1 aromatic rings. The molecule has 3 atom stereocenters. The zero-order chi connectivity index (χ0) is 22.8. The molecule has 0 amide bonds. The van der Waals surface area contributed by atoms with Crippen LogP contribution in [0.4, 0.5) is 0 Å². The molecule has 0 unspecified atom stereocenters. The summed E-state index contributed by atoms with van der Waals surface area (Å²) in [6.07, 6.45) is 4.69. The first-order valence-corrected chi connectivity index (χ1v) is 14.2. The first-order chi connectivity index (χ1) is 14.0. The van der Waals surface area contributed by atoms with Crippen LogP contribution in [0.25, 0.3) is 0 Å². The van der Waals surface area contributed by atoms with Gasteiger partial charge in [0.05, 0.1) is 19.8 Å². The molecule has 1 aromatic carbocycles. The SMILES string of the molecule is COc1ccc(CO[C@@H]([C@H](C)CCC=O)[C@@H](C)CCCO[Si](C)(C)C(C)(C)C)cc1. The van der Waals surface area contributed by atoms with Crippen LogP contribution < -0.4 is 4.74 Å². The van der Waals surface area contributed by atoms with E-state index in [1.165, 1.54) is 0 Å². The molecule has 0 aliphatic heterocycles. The van der Waals surface area contributed by atoms with Gasteiger partial charge in [-0.25, -0.2) is 0 Å². The molecule has 0 bridgehead atoms. The second-order valence-corrected chi connectivity index (χ2v) is 14.9. The number of hydrogen-bond acceptors (Lipinski definition) is 4. The second kappa shape index (κ2) is 12.6. The van der Waals surface area contributed by atoms with Gasteiger partial charge in [-0.1, -0.05) is 46.8 Å². The first-order valence-electron chi connectivity index (χ1n) is 11.3. The van der Waals surface area contributed by atoms with E-state index in [0.717, 1.165) is 43.5 Å². The van der Waals surface area contributed by atoms with Gasteiger partial charge in [-0.05, 0) is 66.9 Å². The standard InChI is InChI=1S/C25H44O4Si/c1-20(11-9-17-26)24(28-19-22-13-15-23(27-6)16-14-22)21(2)12-10-18-29-30(7,8)25(3,4)5/h13-17,20-21,24H,9-12,18-19H2,1-8H3/t20-,21+,24+/m1/s1. The number of methoxy groups -OCH3 is 1. The Morgan fingerprint density at radius 1 is 1.03 bits per heavy atom. The molecule has 0 saturated carbocycles. The Hall–Kier alpha value is -1.17. The van der Waals surface area contributed by atoms with Crippen molar-refractivity contribution in [3.05, 3.63) is 29.8 Å². The third-order valence-corrected chi connectivity index (χ3v) is 11.1. The quantitative estimate of drug-likeness (QED) is 0.186. The van der Waals surface area contributed by atoms with Crippen molar-refractivity contribution in [3.63, 3.8) is 0 Å². The summed E-state index contributed by atoms with van der Waals surface area (Å²) < 4.78 is 18.0. The smallest absolute Gasteiger partial charge is 0.191 e. The second-order valence-electron chi connectivity index (χ2n) is 10.1. The minimum absolute atomic E-state index is 0.125. The van der Waals surface area contributed by atoms with Crippen molar-refractivity contribution < 1.29 is 18.7 Å². The minimum Gasteiger partial charge on any atom is -0.497 e. The summed E-state index contributed by atoms with van der Waals surface area (Å²) in [5.74, 6) is 1.60. The highest BCUT2D eigenvalue weighted by Gasteiger charge is 2.37. The van der Waals surface area contributed by atoms with Crippen molar-refractivity contribution in [1.29, 1.82) is 0 Å². The molecule has 0 N–H and O–H groups in total. The highest BCUT2D eigenvalue weighted by molar-refractivity contribution is 6.74. The molecular formula is C25H44O4Si. The summed E-state index contributed by atoms with van der Waals surface area (Å²) in [6.45, 7) is 17.3. The van der Waals surface area contributed by atoms with E-state index >= 15 is 0 Å². The van der Waals surface area contributed by atoms with Crippen molar-refractivity contribution in [2.45, 2.75) is 91.1 Å². The van der Waals surface area contributed by atoms with Crippen LogP contribution in [-0.2, 0) is 20.6 Å². The minimum atomic E-state index is -1.69. The van der Waals surface area contributed by atoms with E-state index in [1.54, 1.807) is 7.11 Å². The Bertz CT molecular complexity index is 607. The summed E-state index contributed by atoms with van der Waals surface area (Å²) in [5.41, 5.74) is 1.14. The van der Waals surface area contributed by atoms with Crippen molar-refractivity contribution >= 4 is 14.6 Å². The van der Waals surface area contributed by atoms with E-state index in [2.05, 4.69) is 47.7 Å². The fourth-order valence-electron chi connectivity index (χ4n) is 3.41. The molecule has 0 fully saturated rings. The molecule has 0 saturated heterocycles. The van der Waals surface area contributed by atoms with Crippen LogP contribution in [0.5, 0.6) is 5.75 Å². The molecule has 0 spiro atoms. The summed E-state index contributed by atoms with van der Waals surface area (Å²) in [6, 6.07) is 8.02. The number of carbonyl (C=O) groups excluding carboxylic acids is 1. The van der Waals surface area contributed by atoms with Crippen molar-refractivity contribution in [2.75, 3.05) is 13.7 Å². The molecule has 0 heterocycles. The largest absolute Gasteiger partial charge is 0.497 e. The lowest BCUT2D eigenvalue weighted by atomic mass is 9.87. The normalized spacial score (nSPS) is 15.5. The Morgan fingerprint density at radius 3 is 2.17 bits per heavy atom. The van der Waals surface area contributed by atoms with E-state index in [4.69, 9.17) is 13.9 Å². The number of ether oxygens (including phenoxy) is 2. The summed E-state index contributed by atoms with van der Waals surface area (Å²) in [4.78, 5) is 10.9. The van der Waals surface area contributed by atoms with Crippen LogP contribution in [0.2, 0.25) is 18.1 Å². The number of aldehydes is 1. The summed E-state index contributed by atoms with van der Waals surface area (Å²) >= 11 is 0. The van der Waals surface area contributed by atoms with Crippen molar-refractivity contribution in [1.82, 2.24) is 0 Å². The van der Waals surface area contributed by atoms with Crippen LogP contribution >= 0.6 is 0 Å². The predicted octanol–water partition coefficient (Wildman–Crippen LogP) is 6.63. The van der Waals surface area contributed by atoms with E-state index in [9.17, 15) is 4.79 Å². The van der Waals surface area contributed by atoms with Gasteiger partial charge in [-0.2, -0.15) is 0 Å². The Balaban J connectivity index is 2.63. The lowest BCUT2D eigenvalue weighted by Crippen LogP contribution is -2.41. The van der Waals surface area contributed by atoms with Gasteiger partial charge in [-0.3, -0.25) is 0 Å². The predicted molar refractivity (Wildman–Crippen MR) is 128 cm³/mol. The van der Waals surface area contributed by atoms with Gasteiger partial charge in [0, 0.05) is 13.0 Å². The van der Waals surface area contributed by atoms with Crippen LogP contribution in [-0.4, -0.2) is 34.4 Å². The van der Waals surface area contributed by atoms with Crippen molar-refractivity contribution in [3.8, 4) is 5.75 Å². The van der Waals surface area contributed by atoms with Gasteiger partial charge in [0.1, 0.15) is 12.0 Å². The fourth-order valence-corrected chi connectivity index (χ4v) is 4.50. The van der Waals surface area contributed by atoms with E-state index in [-0.39, 0.29) is 11.1 Å². The molecule has 0 aliphatic carbocycles. The molecular weight excluding hydrogens is 392 g/mol. The maximum atomic E-state index is 10.9. The summed E-state index contributed by atoms with van der Waals surface area (Å²) in [5, 5.41) is 0.242. The molecule has 1 rings (SSSR count). The number of rotatable bonds is 14. The first kappa shape index (κ1) is 26.9. The lowest BCUT2D eigenvalue weighted by Gasteiger charge is -2.36. The maximum absolute atomic E-state index is 10.9. The van der Waals surface area contributed by atoms with Crippen molar-refractivity contribution in [2.24, 2.45) is 11.8 Å². The molecule has 5 heteroatoms. The van der Waals surface area contributed by atoms with E-state index < -0.39 is 8.32 Å². The maximum Gasteiger partial charge on any atom is 0.191 e. The topological polar surface area (TPSA) is 44.8 Å². The number of benzene rings is 1. The zero-order valence-electron chi connectivity index (χ0n) is 20.5. The van der Waals surface area contributed by atoms with Gasteiger partial charge in [0.15, 0.2) is 8.32 Å². The van der Waals surface area contributed by atoms with Gasteiger partial charge in [0.25, 0.3) is 0 Å². The lowest BCUT2D eigenvalue weighted by molar-refractivity contribution is -0.108. The third kappa shape index (κ3) is 8.91. The molecule has 4 nitrogen and oxygen atoms in total. The Morgan fingerprint density at radius 2 is 1.63 bits per heavy atom. The van der Waals surface area contributed by atoms with Gasteiger partial charge in [0.2, 0.25) is 0 Å². The fraction of sp³-hybridized carbons (Fsp3) is 0.720. The highest BCUT2D eigenvalue weighted by Crippen LogP contribution is 2.36. The Kier molecular flexibility index (Phi) is 11.3. The average Bonchev–Trinajstić information content (AvgIpc) is 2.69. The third-order valence-electron chi connectivity index (χ3n) is 6.54. The monoisotopic (exact) mass is 436 g/mol. The molecule has 0 aliphatic rings. The zero-order valence-corrected chi connectivity index (χ0v) is 21.5. The molecule has 0 aromatic heterocycles. The van der Waals surface area contributed by atoms with Crippen LogP contribution in [0.1, 0.15) is 65.9 Å². The number of hydrogen-bond donors (Lipinski definition) is 0. The van der Waals surface area contributed by atoms with Crippen LogP contribution in [0, 0.1) is 11.8 Å². The molecule has 0 radical (unpaired) electrons. The molecule has 172 valence electrons. The van der Waals surface area contributed by atoms with Gasteiger partial charge < -0.3 is 18.7 Å². The average molecular weight is 437 g/mol. The molecule has 30 heavy (non-hydrogen) atoms.